The molecule has 22 heavy (non-hydrogen) atoms. The van der Waals surface area contributed by atoms with Gasteiger partial charge >= 0.3 is 0 Å². The van der Waals surface area contributed by atoms with Crippen molar-refractivity contribution in [1.82, 2.24) is 20.3 Å². The Labute approximate surface area is 126 Å². The maximum absolute atomic E-state index is 13.6. The molecule has 1 fully saturated rings. The summed E-state index contributed by atoms with van der Waals surface area (Å²) < 4.78 is 18.9. The number of aromatic amines is 1. The molecule has 1 saturated heterocycles. The minimum Gasteiger partial charge on any atom is -0.379 e. The van der Waals surface area contributed by atoms with Crippen LogP contribution in [0.3, 0.4) is 0 Å². The number of ether oxygens (including phenoxy) is 1. The van der Waals surface area contributed by atoms with Gasteiger partial charge in [-0.05, 0) is 23.8 Å². The third-order valence-electron chi connectivity index (χ3n) is 3.60. The summed E-state index contributed by atoms with van der Waals surface area (Å²) in [7, 11) is 0. The normalized spacial score (nSPS) is 15.9. The fourth-order valence-electron chi connectivity index (χ4n) is 2.51. The summed E-state index contributed by atoms with van der Waals surface area (Å²) in [6.45, 7) is 3.40. The van der Waals surface area contributed by atoms with E-state index < -0.39 is 5.91 Å². The Morgan fingerprint density at radius 1 is 1.36 bits per heavy atom. The van der Waals surface area contributed by atoms with Crippen LogP contribution in [0.15, 0.2) is 18.2 Å². The number of nitrogens with two attached hydrogens (primary N) is 1. The fourth-order valence-corrected chi connectivity index (χ4v) is 2.51. The van der Waals surface area contributed by atoms with Gasteiger partial charge in [0.05, 0.1) is 13.2 Å². The van der Waals surface area contributed by atoms with Gasteiger partial charge < -0.3 is 10.5 Å². The minimum atomic E-state index is -0.676. The minimum absolute atomic E-state index is 0.0508. The van der Waals surface area contributed by atoms with Gasteiger partial charge in [-0.3, -0.25) is 9.69 Å². The van der Waals surface area contributed by atoms with E-state index in [-0.39, 0.29) is 11.5 Å². The van der Waals surface area contributed by atoms with Crippen LogP contribution >= 0.6 is 0 Å². The van der Waals surface area contributed by atoms with E-state index >= 15 is 0 Å². The maximum Gasteiger partial charge on any atom is 0.271 e. The number of hydrogen-bond donors (Lipinski definition) is 2. The predicted molar refractivity (Wildman–Crippen MR) is 76.4 cm³/mol. The van der Waals surface area contributed by atoms with Crippen molar-refractivity contribution in [3.8, 4) is 11.3 Å². The highest BCUT2D eigenvalue weighted by molar-refractivity contribution is 5.97. The van der Waals surface area contributed by atoms with Crippen LogP contribution in [-0.2, 0) is 11.3 Å². The van der Waals surface area contributed by atoms with E-state index in [1.807, 2.05) is 0 Å². The van der Waals surface area contributed by atoms with Crippen molar-refractivity contribution in [3.63, 3.8) is 0 Å². The van der Waals surface area contributed by atoms with Crippen LogP contribution in [0.5, 0.6) is 0 Å². The van der Waals surface area contributed by atoms with Gasteiger partial charge in [-0.1, -0.05) is 0 Å². The number of primary amides is 1. The Hall–Kier alpha value is -2.32. The molecule has 0 radical (unpaired) electrons. The number of amides is 1. The van der Waals surface area contributed by atoms with Gasteiger partial charge in [0, 0.05) is 25.2 Å². The quantitative estimate of drug-likeness (QED) is 0.859. The first kappa shape index (κ1) is 14.6. The lowest BCUT2D eigenvalue weighted by Crippen LogP contribution is -2.35. The SMILES string of the molecule is NC(=O)c1n[nH]nc1-c1ccc(F)cc1CN1CCOCC1. The third-order valence-corrected chi connectivity index (χ3v) is 3.60. The number of morpholine rings is 1. The van der Waals surface area contributed by atoms with Crippen molar-refractivity contribution < 1.29 is 13.9 Å². The molecule has 0 atom stereocenters. The van der Waals surface area contributed by atoms with Crippen LogP contribution < -0.4 is 5.73 Å². The molecule has 3 N–H and O–H groups in total. The monoisotopic (exact) mass is 305 g/mol. The average Bonchev–Trinajstić information content (AvgIpc) is 2.98. The Bertz CT molecular complexity index is 682. The highest BCUT2D eigenvalue weighted by atomic mass is 19.1. The lowest BCUT2D eigenvalue weighted by molar-refractivity contribution is 0.0342. The molecular formula is C14H16FN5O2. The van der Waals surface area contributed by atoms with Gasteiger partial charge in [0.1, 0.15) is 11.5 Å². The van der Waals surface area contributed by atoms with Gasteiger partial charge in [-0.25, -0.2) is 4.39 Å². The van der Waals surface area contributed by atoms with Crippen molar-refractivity contribution >= 4 is 5.91 Å². The molecule has 1 aliphatic heterocycles. The molecule has 3 rings (SSSR count). The number of aromatic nitrogens is 3. The molecule has 1 amide bonds. The highest BCUT2D eigenvalue weighted by Crippen LogP contribution is 2.26. The fraction of sp³-hybridized carbons (Fsp3) is 0.357. The Morgan fingerprint density at radius 2 is 2.14 bits per heavy atom. The average molecular weight is 305 g/mol. The van der Waals surface area contributed by atoms with Crippen molar-refractivity contribution in [2.75, 3.05) is 26.3 Å². The molecule has 8 heteroatoms. The van der Waals surface area contributed by atoms with E-state index in [1.54, 1.807) is 6.07 Å². The van der Waals surface area contributed by atoms with E-state index in [9.17, 15) is 9.18 Å². The van der Waals surface area contributed by atoms with Gasteiger partial charge in [0.15, 0.2) is 5.69 Å². The lowest BCUT2D eigenvalue weighted by Gasteiger charge is -2.27. The van der Waals surface area contributed by atoms with Crippen molar-refractivity contribution in [3.05, 3.63) is 35.3 Å². The molecule has 1 aromatic heterocycles. The van der Waals surface area contributed by atoms with Crippen LogP contribution in [0.1, 0.15) is 16.1 Å². The molecule has 0 unspecified atom stereocenters. The summed E-state index contributed by atoms with van der Waals surface area (Å²) in [5.41, 5.74) is 7.08. The van der Waals surface area contributed by atoms with E-state index in [1.165, 1.54) is 12.1 Å². The molecule has 2 heterocycles. The summed E-state index contributed by atoms with van der Waals surface area (Å²) in [6, 6.07) is 4.37. The van der Waals surface area contributed by atoms with Gasteiger partial charge in [-0.2, -0.15) is 15.4 Å². The highest BCUT2D eigenvalue weighted by Gasteiger charge is 2.20. The zero-order chi connectivity index (χ0) is 15.5. The summed E-state index contributed by atoms with van der Waals surface area (Å²) >= 11 is 0. The van der Waals surface area contributed by atoms with E-state index in [0.717, 1.165) is 18.7 Å². The van der Waals surface area contributed by atoms with Crippen molar-refractivity contribution in [2.24, 2.45) is 5.73 Å². The lowest BCUT2D eigenvalue weighted by atomic mass is 10.0. The molecule has 116 valence electrons. The smallest absolute Gasteiger partial charge is 0.271 e. The van der Waals surface area contributed by atoms with Crippen molar-refractivity contribution in [2.45, 2.75) is 6.54 Å². The number of halogens is 1. The Morgan fingerprint density at radius 3 is 2.86 bits per heavy atom. The number of rotatable bonds is 4. The second-order valence-corrected chi connectivity index (χ2v) is 5.08. The largest absolute Gasteiger partial charge is 0.379 e. The van der Waals surface area contributed by atoms with E-state index in [4.69, 9.17) is 10.5 Å². The summed E-state index contributed by atoms with van der Waals surface area (Å²) in [4.78, 5) is 13.6. The second-order valence-electron chi connectivity index (χ2n) is 5.08. The molecule has 1 aliphatic rings. The first-order valence-electron chi connectivity index (χ1n) is 6.94. The standard InChI is InChI=1S/C14H16FN5O2/c15-10-1-2-11(12-13(14(16)21)18-19-17-12)9(7-10)8-20-3-5-22-6-4-20/h1-2,7H,3-6,8H2,(H2,16,21)(H,17,18,19). The number of carbonyl (C=O) groups excluding carboxylic acids is 1. The summed E-state index contributed by atoms with van der Waals surface area (Å²) in [6.07, 6.45) is 0. The molecule has 2 aromatic rings. The predicted octanol–water partition coefficient (Wildman–Crippen LogP) is 0.542. The number of hydrogen-bond acceptors (Lipinski definition) is 5. The number of benzene rings is 1. The van der Waals surface area contributed by atoms with Gasteiger partial charge in [-0.15, -0.1) is 0 Å². The zero-order valence-electron chi connectivity index (χ0n) is 11.9. The first-order valence-corrected chi connectivity index (χ1v) is 6.94. The van der Waals surface area contributed by atoms with Crippen LogP contribution in [-0.4, -0.2) is 52.5 Å². The Balaban J connectivity index is 1.96. The summed E-state index contributed by atoms with van der Waals surface area (Å²) in [5, 5.41) is 10.1. The Kier molecular flexibility index (Phi) is 4.12. The second kappa shape index (κ2) is 6.20. The number of H-pyrrole nitrogens is 1. The third kappa shape index (κ3) is 2.97. The van der Waals surface area contributed by atoms with E-state index in [0.29, 0.717) is 31.0 Å². The maximum atomic E-state index is 13.6. The van der Waals surface area contributed by atoms with Gasteiger partial charge in [0.2, 0.25) is 0 Å². The molecular weight excluding hydrogens is 289 g/mol. The van der Waals surface area contributed by atoms with E-state index in [2.05, 4.69) is 20.3 Å². The van der Waals surface area contributed by atoms with Crippen LogP contribution in [0.2, 0.25) is 0 Å². The van der Waals surface area contributed by atoms with Crippen LogP contribution in [0, 0.1) is 5.82 Å². The summed E-state index contributed by atoms with van der Waals surface area (Å²) in [5.74, 6) is -1.01. The number of carbonyl (C=O) groups is 1. The topological polar surface area (TPSA) is 97.1 Å². The molecule has 0 aliphatic carbocycles. The van der Waals surface area contributed by atoms with Crippen LogP contribution in [0.25, 0.3) is 11.3 Å². The molecule has 7 nitrogen and oxygen atoms in total. The first-order chi connectivity index (χ1) is 10.6. The van der Waals surface area contributed by atoms with Crippen LogP contribution in [0.4, 0.5) is 4.39 Å². The zero-order valence-corrected chi connectivity index (χ0v) is 11.9. The number of nitrogens with zero attached hydrogens (tertiary/aromatic N) is 3. The molecule has 0 spiro atoms. The molecule has 0 saturated carbocycles. The molecule has 0 bridgehead atoms. The molecule has 1 aromatic carbocycles. The number of nitrogens with one attached hydrogen (secondary N) is 1. The van der Waals surface area contributed by atoms with Gasteiger partial charge in [0.25, 0.3) is 5.91 Å². The van der Waals surface area contributed by atoms with Crippen molar-refractivity contribution in [1.29, 1.82) is 0 Å².